The van der Waals surface area contributed by atoms with Gasteiger partial charge in [-0.3, -0.25) is 0 Å². The first-order valence-electron chi connectivity index (χ1n) is 8.79. The van der Waals surface area contributed by atoms with E-state index in [0.29, 0.717) is 11.6 Å². The van der Waals surface area contributed by atoms with E-state index in [1.807, 2.05) is 0 Å². The van der Waals surface area contributed by atoms with Crippen molar-refractivity contribution in [2.45, 2.75) is 45.6 Å². The van der Waals surface area contributed by atoms with Gasteiger partial charge in [0.15, 0.2) is 0 Å². The van der Waals surface area contributed by atoms with E-state index >= 15 is 0 Å². The third-order valence-electron chi connectivity index (χ3n) is 5.06. The van der Waals surface area contributed by atoms with Crippen LogP contribution in [0.15, 0.2) is 42.5 Å². The molecule has 132 valence electrons. The minimum atomic E-state index is -0.907. The zero-order valence-electron chi connectivity index (χ0n) is 15.3. The molecule has 0 atom stereocenters. The van der Waals surface area contributed by atoms with Crippen LogP contribution in [0.5, 0.6) is 0 Å². The largest absolute Gasteiger partial charge is 0.478 e. The van der Waals surface area contributed by atoms with E-state index in [9.17, 15) is 4.79 Å². The summed E-state index contributed by atoms with van der Waals surface area (Å²) in [6.45, 7) is 10.2. The van der Waals surface area contributed by atoms with Crippen molar-refractivity contribution in [1.82, 2.24) is 0 Å². The van der Waals surface area contributed by atoms with Gasteiger partial charge >= 0.3 is 5.97 Å². The second-order valence-corrected chi connectivity index (χ2v) is 7.66. The van der Waals surface area contributed by atoms with Gasteiger partial charge in [0.05, 0.1) is 5.56 Å². The minimum Gasteiger partial charge on any atom is -0.478 e. The first kappa shape index (κ1) is 17.3. The summed E-state index contributed by atoms with van der Waals surface area (Å²) in [5.74, 6) is -0.907. The van der Waals surface area contributed by atoms with Crippen molar-refractivity contribution in [3.8, 4) is 0 Å². The Labute approximate surface area is 149 Å². The molecule has 0 aromatic heterocycles. The number of aromatic carboxylic acids is 1. The lowest BCUT2D eigenvalue weighted by molar-refractivity contribution is 0.0697. The van der Waals surface area contributed by atoms with Crippen LogP contribution in [0.1, 0.15) is 50.0 Å². The normalized spacial score (nSPS) is 15.8. The number of hydrogen-bond donors (Lipinski definition) is 2. The average molecular weight is 338 g/mol. The Kier molecular flexibility index (Phi) is 4.46. The highest BCUT2D eigenvalue weighted by Crippen LogP contribution is 2.42. The summed E-state index contributed by atoms with van der Waals surface area (Å²) >= 11 is 0. The van der Waals surface area contributed by atoms with Crippen molar-refractivity contribution < 1.29 is 9.90 Å². The van der Waals surface area contributed by atoms with Crippen molar-refractivity contribution in [3.05, 3.63) is 53.6 Å². The number of carboxylic acid groups (broad SMARTS) is 1. The lowest BCUT2D eigenvalue weighted by Gasteiger charge is -2.42. The molecule has 0 amide bonds. The van der Waals surface area contributed by atoms with Crippen LogP contribution >= 0.6 is 0 Å². The standard InChI is InChI=1S/C21H26N2O2/c1-14(2)23-12-11-21(3,4)18-13-17(9-10-19(18)23)22-16-7-5-15(6-8-16)20(24)25/h5-10,13-14,22H,11-12H2,1-4H3,(H,24,25). The van der Waals surface area contributed by atoms with Crippen LogP contribution in [0, 0.1) is 0 Å². The van der Waals surface area contributed by atoms with E-state index in [1.165, 1.54) is 11.3 Å². The van der Waals surface area contributed by atoms with Gasteiger partial charge in [-0.2, -0.15) is 0 Å². The number of nitrogens with zero attached hydrogens (tertiary/aromatic N) is 1. The number of carboxylic acids is 1. The molecular formula is C21H26N2O2. The molecule has 0 fully saturated rings. The Bertz CT molecular complexity index is 779. The summed E-state index contributed by atoms with van der Waals surface area (Å²) in [7, 11) is 0. The summed E-state index contributed by atoms with van der Waals surface area (Å²) in [5.41, 5.74) is 5.04. The molecule has 0 saturated heterocycles. The third-order valence-corrected chi connectivity index (χ3v) is 5.06. The molecular weight excluding hydrogens is 312 g/mol. The molecule has 3 rings (SSSR count). The molecule has 2 aromatic carbocycles. The smallest absolute Gasteiger partial charge is 0.335 e. The lowest BCUT2D eigenvalue weighted by atomic mass is 9.77. The molecule has 25 heavy (non-hydrogen) atoms. The van der Waals surface area contributed by atoms with Crippen molar-refractivity contribution >= 4 is 23.0 Å². The fraction of sp³-hybridized carbons (Fsp3) is 0.381. The molecule has 0 aliphatic carbocycles. The van der Waals surface area contributed by atoms with E-state index < -0.39 is 5.97 Å². The minimum absolute atomic E-state index is 0.144. The van der Waals surface area contributed by atoms with Crippen LogP contribution in [-0.2, 0) is 5.41 Å². The molecule has 0 saturated carbocycles. The summed E-state index contributed by atoms with van der Waals surface area (Å²) in [6.07, 6.45) is 1.13. The third kappa shape index (κ3) is 3.48. The molecule has 0 bridgehead atoms. The highest BCUT2D eigenvalue weighted by Gasteiger charge is 2.32. The lowest BCUT2D eigenvalue weighted by Crippen LogP contribution is -2.41. The van der Waals surface area contributed by atoms with Gasteiger partial charge in [-0.05, 0) is 73.7 Å². The predicted octanol–water partition coefficient (Wildman–Crippen LogP) is 5.02. The van der Waals surface area contributed by atoms with Crippen LogP contribution in [-0.4, -0.2) is 23.7 Å². The van der Waals surface area contributed by atoms with Gasteiger partial charge in [0.2, 0.25) is 0 Å². The predicted molar refractivity (Wildman–Crippen MR) is 103 cm³/mol. The van der Waals surface area contributed by atoms with E-state index in [2.05, 4.69) is 56.1 Å². The van der Waals surface area contributed by atoms with Gasteiger partial charge in [0.1, 0.15) is 0 Å². The Hall–Kier alpha value is -2.49. The highest BCUT2D eigenvalue weighted by molar-refractivity contribution is 5.88. The molecule has 4 nitrogen and oxygen atoms in total. The van der Waals surface area contributed by atoms with Gasteiger partial charge in [0, 0.05) is 29.6 Å². The SMILES string of the molecule is CC(C)N1CCC(C)(C)c2cc(Nc3ccc(C(=O)O)cc3)ccc21. The molecule has 2 aromatic rings. The summed E-state index contributed by atoms with van der Waals surface area (Å²) < 4.78 is 0. The van der Waals surface area contributed by atoms with E-state index in [1.54, 1.807) is 24.3 Å². The molecule has 1 aliphatic rings. The van der Waals surface area contributed by atoms with Gasteiger partial charge in [-0.25, -0.2) is 4.79 Å². The summed E-state index contributed by atoms with van der Waals surface area (Å²) in [4.78, 5) is 13.4. The highest BCUT2D eigenvalue weighted by atomic mass is 16.4. The number of carbonyl (C=O) groups is 1. The molecule has 4 heteroatoms. The van der Waals surface area contributed by atoms with Crippen LogP contribution in [0.4, 0.5) is 17.1 Å². The number of benzene rings is 2. The number of nitrogens with one attached hydrogen (secondary N) is 1. The second-order valence-electron chi connectivity index (χ2n) is 7.66. The van der Waals surface area contributed by atoms with Gasteiger partial charge < -0.3 is 15.3 Å². The van der Waals surface area contributed by atoms with Crippen LogP contribution < -0.4 is 10.2 Å². The Morgan fingerprint density at radius 2 is 1.76 bits per heavy atom. The fourth-order valence-electron chi connectivity index (χ4n) is 3.46. The first-order valence-corrected chi connectivity index (χ1v) is 8.79. The quantitative estimate of drug-likeness (QED) is 0.821. The van der Waals surface area contributed by atoms with Gasteiger partial charge in [-0.1, -0.05) is 13.8 Å². The number of fused-ring (bicyclic) bond motifs is 1. The van der Waals surface area contributed by atoms with E-state index in [-0.39, 0.29) is 5.41 Å². The first-order chi connectivity index (χ1) is 11.8. The molecule has 2 N–H and O–H groups in total. The Morgan fingerprint density at radius 1 is 1.12 bits per heavy atom. The number of rotatable bonds is 4. The maximum absolute atomic E-state index is 11.0. The van der Waals surface area contributed by atoms with Gasteiger partial charge in [0.25, 0.3) is 0 Å². The van der Waals surface area contributed by atoms with Crippen LogP contribution in [0.3, 0.4) is 0 Å². The van der Waals surface area contributed by atoms with Crippen molar-refractivity contribution in [2.24, 2.45) is 0 Å². The average Bonchev–Trinajstić information content (AvgIpc) is 2.55. The van der Waals surface area contributed by atoms with Gasteiger partial charge in [-0.15, -0.1) is 0 Å². The molecule has 0 radical (unpaired) electrons. The van der Waals surface area contributed by atoms with E-state index in [0.717, 1.165) is 24.3 Å². The Balaban J connectivity index is 1.90. The molecule has 1 heterocycles. The van der Waals surface area contributed by atoms with Crippen LogP contribution in [0.25, 0.3) is 0 Å². The number of hydrogen-bond acceptors (Lipinski definition) is 3. The molecule has 0 spiro atoms. The second kappa shape index (κ2) is 6.43. The topological polar surface area (TPSA) is 52.6 Å². The maximum atomic E-state index is 11.0. The van der Waals surface area contributed by atoms with Crippen molar-refractivity contribution in [1.29, 1.82) is 0 Å². The monoisotopic (exact) mass is 338 g/mol. The van der Waals surface area contributed by atoms with E-state index in [4.69, 9.17) is 5.11 Å². The van der Waals surface area contributed by atoms with Crippen LogP contribution in [0.2, 0.25) is 0 Å². The summed E-state index contributed by atoms with van der Waals surface area (Å²) in [6, 6.07) is 13.8. The summed E-state index contributed by atoms with van der Waals surface area (Å²) in [5, 5.41) is 12.4. The zero-order valence-corrected chi connectivity index (χ0v) is 15.3. The maximum Gasteiger partial charge on any atom is 0.335 e. The molecule has 1 aliphatic heterocycles. The zero-order chi connectivity index (χ0) is 18.2. The fourth-order valence-corrected chi connectivity index (χ4v) is 3.46. The molecule has 0 unspecified atom stereocenters. The number of anilines is 3. The Morgan fingerprint density at radius 3 is 2.36 bits per heavy atom. The van der Waals surface area contributed by atoms with Crippen molar-refractivity contribution in [2.75, 3.05) is 16.8 Å². The van der Waals surface area contributed by atoms with Crippen molar-refractivity contribution in [3.63, 3.8) is 0 Å².